The van der Waals surface area contributed by atoms with Gasteiger partial charge in [-0.25, -0.2) is 4.79 Å². The number of nitrogens with zero attached hydrogens (tertiary/aromatic N) is 2. The molecule has 0 aromatic rings. The van der Waals surface area contributed by atoms with Gasteiger partial charge in [0.15, 0.2) is 0 Å². The van der Waals surface area contributed by atoms with E-state index >= 15 is 0 Å². The van der Waals surface area contributed by atoms with Crippen LogP contribution in [0.5, 0.6) is 0 Å². The van der Waals surface area contributed by atoms with Crippen LogP contribution in [0, 0.1) is 5.92 Å². The molecule has 2 aliphatic rings. The van der Waals surface area contributed by atoms with Gasteiger partial charge >= 0.3 is 6.03 Å². The summed E-state index contributed by atoms with van der Waals surface area (Å²) in [5, 5.41) is 0. The van der Waals surface area contributed by atoms with Gasteiger partial charge in [0.05, 0.1) is 6.61 Å². The number of urea groups is 1. The fraction of sp³-hybridized carbons (Fsp3) is 0.900. The van der Waals surface area contributed by atoms with Gasteiger partial charge in [-0.15, -0.1) is 0 Å². The van der Waals surface area contributed by atoms with Crippen molar-refractivity contribution in [3.05, 3.63) is 0 Å². The molecule has 80 valence electrons. The fourth-order valence-corrected chi connectivity index (χ4v) is 1.96. The number of piperidine rings is 1. The predicted molar refractivity (Wildman–Crippen MR) is 52.9 cm³/mol. The maximum Gasteiger partial charge on any atom is 0.321 e. The summed E-state index contributed by atoms with van der Waals surface area (Å²) in [6, 6.07) is 0.161. The van der Waals surface area contributed by atoms with Crippen molar-refractivity contribution >= 4 is 6.03 Å². The zero-order valence-electron chi connectivity index (χ0n) is 8.74. The third-order valence-corrected chi connectivity index (χ3v) is 3.08. The molecule has 0 spiro atoms. The zero-order chi connectivity index (χ0) is 9.97. The Morgan fingerprint density at radius 2 is 1.93 bits per heavy atom. The van der Waals surface area contributed by atoms with Crippen LogP contribution in [-0.2, 0) is 4.74 Å². The Hall–Kier alpha value is -0.770. The van der Waals surface area contributed by atoms with Gasteiger partial charge in [-0.2, -0.15) is 0 Å². The van der Waals surface area contributed by atoms with Crippen LogP contribution < -0.4 is 0 Å². The van der Waals surface area contributed by atoms with E-state index in [4.69, 9.17) is 4.74 Å². The van der Waals surface area contributed by atoms with Crippen molar-refractivity contribution in [1.29, 1.82) is 0 Å². The Morgan fingerprint density at radius 3 is 2.50 bits per heavy atom. The second-order valence-electron chi connectivity index (χ2n) is 4.25. The predicted octanol–water partition coefficient (Wildman–Crippen LogP) is 1.13. The molecular formula is C10H18N2O2. The summed E-state index contributed by atoms with van der Waals surface area (Å²) in [4.78, 5) is 15.6. The van der Waals surface area contributed by atoms with Gasteiger partial charge in [-0.3, -0.25) is 4.90 Å². The van der Waals surface area contributed by atoms with Gasteiger partial charge in [0.25, 0.3) is 0 Å². The van der Waals surface area contributed by atoms with Crippen LogP contribution in [0.2, 0.25) is 0 Å². The highest BCUT2D eigenvalue weighted by molar-refractivity contribution is 5.74. The normalized spacial score (nSPS) is 24.4. The largest absolute Gasteiger partial charge is 0.359 e. The van der Waals surface area contributed by atoms with Gasteiger partial charge < -0.3 is 9.64 Å². The number of ether oxygens (including phenoxy) is 1. The molecule has 0 atom stereocenters. The fourth-order valence-electron chi connectivity index (χ4n) is 1.96. The number of likely N-dealkylation sites (tertiary alicyclic amines) is 1. The topological polar surface area (TPSA) is 32.8 Å². The molecule has 2 fully saturated rings. The summed E-state index contributed by atoms with van der Waals surface area (Å²) in [7, 11) is 0. The van der Waals surface area contributed by atoms with Crippen molar-refractivity contribution in [1.82, 2.24) is 9.80 Å². The van der Waals surface area contributed by atoms with E-state index in [-0.39, 0.29) is 6.03 Å². The molecule has 2 aliphatic heterocycles. The minimum Gasteiger partial charge on any atom is -0.359 e. The second-order valence-corrected chi connectivity index (χ2v) is 4.25. The maximum atomic E-state index is 11.9. The number of carbonyl (C=O) groups is 1. The third kappa shape index (κ3) is 2.00. The zero-order valence-corrected chi connectivity index (χ0v) is 8.74. The van der Waals surface area contributed by atoms with E-state index in [1.54, 1.807) is 4.90 Å². The Kier molecular flexibility index (Phi) is 2.91. The number of rotatable bonds is 0. The van der Waals surface area contributed by atoms with E-state index in [0.717, 1.165) is 38.4 Å². The quantitative estimate of drug-likeness (QED) is 0.584. The van der Waals surface area contributed by atoms with Crippen molar-refractivity contribution in [3.8, 4) is 0 Å². The van der Waals surface area contributed by atoms with Crippen LogP contribution >= 0.6 is 0 Å². The Balaban J connectivity index is 1.85. The van der Waals surface area contributed by atoms with Crippen LogP contribution in [0.25, 0.3) is 0 Å². The first-order valence-electron chi connectivity index (χ1n) is 5.39. The summed E-state index contributed by atoms with van der Waals surface area (Å²) in [6.07, 6.45) is 2.28. The molecule has 14 heavy (non-hydrogen) atoms. The molecule has 4 heteroatoms. The first kappa shape index (κ1) is 9.77. The van der Waals surface area contributed by atoms with Crippen LogP contribution in [0.15, 0.2) is 0 Å². The lowest BCUT2D eigenvalue weighted by Crippen LogP contribution is -2.45. The molecule has 2 rings (SSSR count). The molecular weight excluding hydrogens is 180 g/mol. The average Bonchev–Trinajstić information content (AvgIpc) is 2.71. The standard InChI is InChI=1S/C10H18N2O2/c1-9-2-4-11(5-3-9)10(13)12-6-7-14-8-12/h9H,2-8H2,1H3. The smallest absolute Gasteiger partial charge is 0.321 e. The third-order valence-electron chi connectivity index (χ3n) is 3.08. The van der Waals surface area contributed by atoms with Crippen LogP contribution in [0.4, 0.5) is 4.79 Å². The highest BCUT2D eigenvalue weighted by Crippen LogP contribution is 2.17. The summed E-state index contributed by atoms with van der Waals surface area (Å²) in [5.41, 5.74) is 0. The molecule has 4 nitrogen and oxygen atoms in total. The van der Waals surface area contributed by atoms with Gasteiger partial charge in [-0.1, -0.05) is 6.92 Å². The molecule has 2 saturated heterocycles. The molecule has 0 aromatic carbocycles. The number of hydrogen-bond donors (Lipinski definition) is 0. The number of hydrogen-bond acceptors (Lipinski definition) is 2. The van der Waals surface area contributed by atoms with Gasteiger partial charge in [-0.05, 0) is 18.8 Å². The van der Waals surface area contributed by atoms with E-state index in [2.05, 4.69) is 6.92 Å². The molecule has 2 heterocycles. The Labute approximate surface area is 84.8 Å². The Bertz CT molecular complexity index is 206. The highest BCUT2D eigenvalue weighted by Gasteiger charge is 2.26. The lowest BCUT2D eigenvalue weighted by molar-refractivity contribution is 0.112. The lowest BCUT2D eigenvalue weighted by Gasteiger charge is -2.32. The van der Waals surface area contributed by atoms with Gasteiger partial charge in [0, 0.05) is 19.6 Å². The van der Waals surface area contributed by atoms with E-state index < -0.39 is 0 Å². The number of amides is 2. The van der Waals surface area contributed by atoms with Gasteiger partial charge in [0.1, 0.15) is 6.73 Å². The minimum absolute atomic E-state index is 0.161. The molecule has 0 aromatic heterocycles. The first-order valence-corrected chi connectivity index (χ1v) is 5.39. The van der Waals surface area contributed by atoms with Crippen LogP contribution in [0.3, 0.4) is 0 Å². The number of carbonyl (C=O) groups excluding carboxylic acids is 1. The van der Waals surface area contributed by atoms with Crippen molar-refractivity contribution in [3.63, 3.8) is 0 Å². The highest BCUT2D eigenvalue weighted by atomic mass is 16.5. The molecule has 0 aliphatic carbocycles. The summed E-state index contributed by atoms with van der Waals surface area (Å²) >= 11 is 0. The Morgan fingerprint density at radius 1 is 1.21 bits per heavy atom. The van der Waals surface area contributed by atoms with Crippen molar-refractivity contribution in [2.24, 2.45) is 5.92 Å². The van der Waals surface area contributed by atoms with Crippen molar-refractivity contribution in [2.75, 3.05) is 33.0 Å². The van der Waals surface area contributed by atoms with E-state index in [1.807, 2.05) is 4.90 Å². The minimum atomic E-state index is 0.161. The monoisotopic (exact) mass is 198 g/mol. The molecule has 0 N–H and O–H groups in total. The van der Waals surface area contributed by atoms with Crippen molar-refractivity contribution in [2.45, 2.75) is 19.8 Å². The first-order chi connectivity index (χ1) is 6.77. The summed E-state index contributed by atoms with van der Waals surface area (Å²) in [6.45, 7) is 6.00. The summed E-state index contributed by atoms with van der Waals surface area (Å²) < 4.78 is 5.17. The molecule has 0 radical (unpaired) electrons. The van der Waals surface area contributed by atoms with Crippen LogP contribution in [0.1, 0.15) is 19.8 Å². The van der Waals surface area contributed by atoms with E-state index in [1.165, 1.54) is 0 Å². The summed E-state index contributed by atoms with van der Waals surface area (Å²) in [5.74, 6) is 0.772. The average molecular weight is 198 g/mol. The molecule has 0 unspecified atom stereocenters. The SMILES string of the molecule is CC1CCN(C(=O)N2CCOC2)CC1. The second kappa shape index (κ2) is 4.17. The molecule has 0 bridgehead atoms. The van der Waals surface area contributed by atoms with E-state index in [9.17, 15) is 4.79 Å². The van der Waals surface area contributed by atoms with Gasteiger partial charge in [0.2, 0.25) is 0 Å². The maximum absolute atomic E-state index is 11.9. The van der Waals surface area contributed by atoms with Crippen molar-refractivity contribution < 1.29 is 9.53 Å². The molecule has 2 amide bonds. The lowest BCUT2D eigenvalue weighted by atomic mass is 10.00. The van der Waals surface area contributed by atoms with Crippen LogP contribution in [-0.4, -0.2) is 48.8 Å². The molecule has 0 saturated carbocycles. The van der Waals surface area contributed by atoms with E-state index in [0.29, 0.717) is 13.3 Å².